The third kappa shape index (κ3) is 5.24. The SMILES string of the molecule is O=C(/C=C/c1cc(C(F)(F)F)ccc1Cl)Nc1ccc(I)cc1. The highest BCUT2D eigenvalue weighted by molar-refractivity contribution is 14.1. The lowest BCUT2D eigenvalue weighted by molar-refractivity contribution is -0.137. The van der Waals surface area contributed by atoms with Crippen LogP contribution in [-0.4, -0.2) is 5.91 Å². The van der Waals surface area contributed by atoms with Crippen molar-refractivity contribution in [2.75, 3.05) is 5.32 Å². The zero-order valence-electron chi connectivity index (χ0n) is 11.5. The van der Waals surface area contributed by atoms with Crippen molar-refractivity contribution in [1.82, 2.24) is 0 Å². The number of alkyl halides is 3. The molecule has 0 aliphatic heterocycles. The molecule has 0 unspecified atom stereocenters. The number of benzene rings is 2. The van der Waals surface area contributed by atoms with E-state index in [4.69, 9.17) is 11.6 Å². The molecular formula is C16H10ClF3INO. The summed E-state index contributed by atoms with van der Waals surface area (Å²) in [6.45, 7) is 0. The molecule has 7 heteroatoms. The van der Waals surface area contributed by atoms with Crippen molar-refractivity contribution in [3.63, 3.8) is 0 Å². The molecule has 0 spiro atoms. The Balaban J connectivity index is 2.13. The smallest absolute Gasteiger partial charge is 0.323 e. The molecule has 0 heterocycles. The Morgan fingerprint density at radius 1 is 1.13 bits per heavy atom. The van der Waals surface area contributed by atoms with E-state index in [1.165, 1.54) is 6.08 Å². The number of halogens is 5. The quantitative estimate of drug-likeness (QED) is 0.477. The maximum absolute atomic E-state index is 12.7. The number of carbonyl (C=O) groups excluding carboxylic acids is 1. The van der Waals surface area contributed by atoms with Gasteiger partial charge >= 0.3 is 6.18 Å². The minimum absolute atomic E-state index is 0.124. The summed E-state index contributed by atoms with van der Waals surface area (Å²) < 4.78 is 39.0. The Morgan fingerprint density at radius 2 is 1.78 bits per heavy atom. The molecule has 0 fully saturated rings. The second-order valence-corrected chi connectivity index (χ2v) is 6.22. The van der Waals surface area contributed by atoms with Crippen LogP contribution in [0, 0.1) is 3.57 Å². The van der Waals surface area contributed by atoms with Crippen LogP contribution in [0.1, 0.15) is 11.1 Å². The van der Waals surface area contributed by atoms with Crippen molar-refractivity contribution < 1.29 is 18.0 Å². The van der Waals surface area contributed by atoms with Gasteiger partial charge in [-0.05, 0) is 76.7 Å². The molecule has 0 atom stereocenters. The van der Waals surface area contributed by atoms with Crippen molar-refractivity contribution in [3.8, 4) is 0 Å². The van der Waals surface area contributed by atoms with E-state index in [9.17, 15) is 18.0 Å². The molecule has 23 heavy (non-hydrogen) atoms. The predicted octanol–water partition coefficient (Wildman–Crippen LogP) is 5.62. The summed E-state index contributed by atoms with van der Waals surface area (Å²) >= 11 is 7.99. The molecule has 120 valence electrons. The first kappa shape index (κ1) is 17.8. The van der Waals surface area contributed by atoms with Gasteiger partial charge in [-0.25, -0.2) is 0 Å². The molecule has 1 N–H and O–H groups in total. The Kier molecular flexibility index (Phi) is 5.69. The van der Waals surface area contributed by atoms with Crippen LogP contribution in [0.15, 0.2) is 48.5 Å². The van der Waals surface area contributed by atoms with Gasteiger partial charge in [0.1, 0.15) is 0 Å². The molecular weight excluding hydrogens is 442 g/mol. The number of nitrogens with one attached hydrogen (secondary N) is 1. The summed E-state index contributed by atoms with van der Waals surface area (Å²) in [6.07, 6.45) is -2.07. The van der Waals surface area contributed by atoms with E-state index in [2.05, 4.69) is 27.9 Å². The van der Waals surface area contributed by atoms with E-state index >= 15 is 0 Å². The summed E-state index contributed by atoms with van der Waals surface area (Å²) in [4.78, 5) is 11.8. The van der Waals surface area contributed by atoms with E-state index in [1.807, 2.05) is 12.1 Å². The third-order valence-corrected chi connectivity index (χ3v) is 3.91. The van der Waals surface area contributed by atoms with E-state index in [0.29, 0.717) is 5.69 Å². The lowest BCUT2D eigenvalue weighted by Gasteiger charge is -2.08. The average molecular weight is 452 g/mol. The number of hydrogen-bond donors (Lipinski definition) is 1. The lowest BCUT2D eigenvalue weighted by atomic mass is 10.1. The van der Waals surface area contributed by atoms with Crippen LogP contribution >= 0.6 is 34.2 Å². The van der Waals surface area contributed by atoms with Gasteiger partial charge in [-0.1, -0.05) is 11.6 Å². The molecule has 0 saturated heterocycles. The molecule has 2 aromatic rings. The van der Waals surface area contributed by atoms with Gasteiger partial charge in [-0.3, -0.25) is 4.79 Å². The number of amides is 1. The number of anilines is 1. The van der Waals surface area contributed by atoms with Crippen LogP contribution in [0.5, 0.6) is 0 Å². The van der Waals surface area contributed by atoms with Gasteiger partial charge < -0.3 is 5.32 Å². The molecule has 0 bridgehead atoms. The predicted molar refractivity (Wildman–Crippen MR) is 93.3 cm³/mol. The second-order valence-electron chi connectivity index (χ2n) is 4.56. The highest BCUT2D eigenvalue weighted by Gasteiger charge is 2.30. The molecule has 2 nitrogen and oxygen atoms in total. The first-order valence-electron chi connectivity index (χ1n) is 6.37. The summed E-state index contributed by atoms with van der Waals surface area (Å²) in [5, 5.41) is 2.74. The average Bonchev–Trinajstić information content (AvgIpc) is 2.47. The topological polar surface area (TPSA) is 29.1 Å². The Morgan fingerprint density at radius 3 is 2.39 bits per heavy atom. The number of rotatable bonds is 3. The zero-order valence-corrected chi connectivity index (χ0v) is 14.4. The molecule has 0 radical (unpaired) electrons. The van der Waals surface area contributed by atoms with Crippen molar-refractivity contribution >= 4 is 51.9 Å². The fourth-order valence-corrected chi connectivity index (χ4v) is 2.27. The summed E-state index contributed by atoms with van der Waals surface area (Å²) in [5.41, 5.74) is -0.103. The normalized spacial score (nSPS) is 11.7. The van der Waals surface area contributed by atoms with Gasteiger partial charge in [-0.15, -0.1) is 0 Å². The van der Waals surface area contributed by atoms with Crippen molar-refractivity contribution in [2.24, 2.45) is 0 Å². The number of hydrogen-bond acceptors (Lipinski definition) is 1. The molecule has 0 aliphatic carbocycles. The fourth-order valence-electron chi connectivity index (χ4n) is 1.73. The van der Waals surface area contributed by atoms with Crippen molar-refractivity contribution in [3.05, 3.63) is 68.3 Å². The Labute approximate surface area is 149 Å². The van der Waals surface area contributed by atoms with Gasteiger partial charge in [0.25, 0.3) is 0 Å². The van der Waals surface area contributed by atoms with Crippen LogP contribution in [-0.2, 0) is 11.0 Å². The van der Waals surface area contributed by atoms with Gasteiger partial charge in [0.05, 0.1) is 5.56 Å². The van der Waals surface area contributed by atoms with Crippen LogP contribution in [0.25, 0.3) is 6.08 Å². The lowest BCUT2D eigenvalue weighted by Crippen LogP contribution is -2.07. The van der Waals surface area contributed by atoms with Crippen LogP contribution in [0.4, 0.5) is 18.9 Å². The Hall–Kier alpha value is -1.54. The highest BCUT2D eigenvalue weighted by atomic mass is 127. The monoisotopic (exact) mass is 451 g/mol. The summed E-state index contributed by atoms with van der Waals surface area (Å²) in [7, 11) is 0. The zero-order chi connectivity index (χ0) is 17.0. The van der Waals surface area contributed by atoms with Crippen molar-refractivity contribution in [2.45, 2.75) is 6.18 Å². The number of carbonyl (C=O) groups is 1. The minimum Gasteiger partial charge on any atom is -0.323 e. The molecule has 1 amide bonds. The van der Waals surface area contributed by atoms with E-state index in [0.717, 1.165) is 27.8 Å². The maximum Gasteiger partial charge on any atom is 0.416 e. The minimum atomic E-state index is -4.46. The van der Waals surface area contributed by atoms with Crippen molar-refractivity contribution in [1.29, 1.82) is 0 Å². The Bertz CT molecular complexity index is 742. The first-order chi connectivity index (χ1) is 10.8. The summed E-state index contributed by atoms with van der Waals surface area (Å²) in [6, 6.07) is 10.0. The summed E-state index contributed by atoms with van der Waals surface area (Å²) in [5.74, 6) is -0.459. The van der Waals surface area contributed by atoms with Crippen LogP contribution in [0.2, 0.25) is 5.02 Å². The van der Waals surface area contributed by atoms with Gasteiger partial charge in [0.2, 0.25) is 5.91 Å². The van der Waals surface area contributed by atoms with Gasteiger partial charge in [0, 0.05) is 20.4 Å². The molecule has 0 aliphatic rings. The standard InChI is InChI=1S/C16H10ClF3INO/c17-14-7-2-11(16(18,19)20)9-10(14)1-8-15(23)22-13-5-3-12(21)4-6-13/h1-9H,(H,22,23)/b8-1+. The second kappa shape index (κ2) is 7.35. The molecule has 0 saturated carbocycles. The molecule has 0 aromatic heterocycles. The highest BCUT2D eigenvalue weighted by Crippen LogP contribution is 2.32. The van der Waals surface area contributed by atoms with E-state index in [-0.39, 0.29) is 10.6 Å². The van der Waals surface area contributed by atoms with Crippen LogP contribution in [0.3, 0.4) is 0 Å². The largest absolute Gasteiger partial charge is 0.416 e. The third-order valence-electron chi connectivity index (χ3n) is 2.85. The van der Waals surface area contributed by atoms with E-state index in [1.54, 1.807) is 12.1 Å². The molecule has 2 rings (SSSR count). The van der Waals surface area contributed by atoms with Gasteiger partial charge in [0.15, 0.2) is 0 Å². The fraction of sp³-hybridized carbons (Fsp3) is 0.0625. The first-order valence-corrected chi connectivity index (χ1v) is 7.83. The molecule has 2 aromatic carbocycles. The maximum atomic E-state index is 12.7. The van der Waals surface area contributed by atoms with Crippen LogP contribution < -0.4 is 5.32 Å². The van der Waals surface area contributed by atoms with E-state index < -0.39 is 17.6 Å². The van der Waals surface area contributed by atoms with Gasteiger partial charge in [-0.2, -0.15) is 13.2 Å².